The van der Waals surface area contributed by atoms with Gasteiger partial charge >= 0.3 is 0 Å². The van der Waals surface area contributed by atoms with Crippen molar-refractivity contribution in [2.24, 2.45) is 0 Å². The summed E-state index contributed by atoms with van der Waals surface area (Å²) in [5, 5.41) is 0. The van der Waals surface area contributed by atoms with Crippen LogP contribution in [0, 0.1) is 6.92 Å². The van der Waals surface area contributed by atoms with E-state index in [4.69, 9.17) is 0 Å². The van der Waals surface area contributed by atoms with Crippen molar-refractivity contribution >= 4 is 5.91 Å². The molecular weight excluding hydrogens is 178 g/mol. The number of carbonyl (C=O) groups is 1. The fraction of sp³-hybridized carbons (Fsp3) is 0.600. The second-order valence-electron chi connectivity index (χ2n) is 3.99. The Bertz CT molecular complexity index is 367. The van der Waals surface area contributed by atoms with Gasteiger partial charge in [-0.1, -0.05) is 0 Å². The lowest BCUT2D eigenvalue weighted by Crippen LogP contribution is -2.44. The van der Waals surface area contributed by atoms with Crippen LogP contribution in [0.3, 0.4) is 0 Å². The third-order valence-electron chi connectivity index (χ3n) is 2.55. The fourth-order valence-corrected chi connectivity index (χ4v) is 1.83. The highest BCUT2D eigenvalue weighted by Gasteiger charge is 2.27. The van der Waals surface area contributed by atoms with E-state index in [0.29, 0.717) is 5.82 Å². The molecule has 0 aromatic carbocycles. The first-order valence-corrected chi connectivity index (χ1v) is 4.94. The predicted octanol–water partition coefficient (Wildman–Crippen LogP) is 1.06. The number of nitrogens with zero attached hydrogens (tertiary/aromatic N) is 3. The van der Waals surface area contributed by atoms with Crippen molar-refractivity contribution in [1.29, 1.82) is 0 Å². The summed E-state index contributed by atoms with van der Waals surface area (Å²) in [6, 6.07) is 0.258. The van der Waals surface area contributed by atoms with E-state index in [1.165, 1.54) is 0 Å². The maximum Gasteiger partial charge on any atom is 0.290 e. The minimum absolute atomic E-state index is 0.0550. The quantitative estimate of drug-likeness (QED) is 0.668. The summed E-state index contributed by atoms with van der Waals surface area (Å²) < 4.78 is 1.94. The van der Waals surface area contributed by atoms with Crippen molar-refractivity contribution in [3.63, 3.8) is 0 Å². The average Bonchev–Trinajstić information content (AvgIpc) is 2.46. The van der Waals surface area contributed by atoms with Gasteiger partial charge in [-0.25, -0.2) is 4.98 Å². The first kappa shape index (κ1) is 9.24. The van der Waals surface area contributed by atoms with Crippen LogP contribution in [0.2, 0.25) is 0 Å². The summed E-state index contributed by atoms with van der Waals surface area (Å²) in [4.78, 5) is 18.0. The molecule has 0 saturated carbocycles. The Morgan fingerprint density at radius 2 is 2.14 bits per heavy atom. The summed E-state index contributed by atoms with van der Waals surface area (Å²) in [7, 11) is 0. The minimum Gasteiger partial charge on any atom is -0.332 e. The van der Waals surface area contributed by atoms with Gasteiger partial charge in [0.2, 0.25) is 0 Å². The standard InChI is InChI=1S/C10H15N3O/c1-7(2)13-5-4-12-6-8(3)11-9(12)10(13)14/h6-7H,4-5H2,1-3H3. The third kappa shape index (κ3) is 1.31. The molecule has 0 spiro atoms. The Labute approximate surface area is 83.5 Å². The number of fused-ring (bicyclic) bond motifs is 1. The van der Waals surface area contributed by atoms with Gasteiger partial charge in [0.25, 0.3) is 5.91 Å². The molecule has 4 heteroatoms. The molecule has 0 saturated heterocycles. The normalized spacial score (nSPS) is 16.3. The number of hydrogen-bond acceptors (Lipinski definition) is 2. The number of carbonyl (C=O) groups excluding carboxylic acids is 1. The number of aromatic nitrogens is 2. The van der Waals surface area contributed by atoms with Crippen molar-refractivity contribution in [1.82, 2.24) is 14.5 Å². The summed E-state index contributed by atoms with van der Waals surface area (Å²) in [6.07, 6.45) is 1.94. The van der Waals surface area contributed by atoms with Crippen LogP contribution in [0.4, 0.5) is 0 Å². The number of rotatable bonds is 1. The van der Waals surface area contributed by atoms with E-state index in [-0.39, 0.29) is 11.9 Å². The molecule has 0 radical (unpaired) electrons. The zero-order chi connectivity index (χ0) is 10.3. The van der Waals surface area contributed by atoms with E-state index in [1.807, 2.05) is 36.4 Å². The molecule has 2 heterocycles. The van der Waals surface area contributed by atoms with Crippen molar-refractivity contribution in [3.8, 4) is 0 Å². The van der Waals surface area contributed by atoms with E-state index in [2.05, 4.69) is 4.98 Å². The molecule has 1 aliphatic heterocycles. The number of amides is 1. The van der Waals surface area contributed by atoms with E-state index in [9.17, 15) is 4.79 Å². The second kappa shape index (κ2) is 3.12. The van der Waals surface area contributed by atoms with Crippen LogP contribution in [-0.4, -0.2) is 32.9 Å². The summed E-state index contributed by atoms with van der Waals surface area (Å²) >= 11 is 0. The van der Waals surface area contributed by atoms with Crippen LogP contribution < -0.4 is 0 Å². The lowest BCUT2D eigenvalue weighted by molar-refractivity contribution is 0.0641. The Morgan fingerprint density at radius 1 is 1.43 bits per heavy atom. The molecule has 0 bridgehead atoms. The second-order valence-corrected chi connectivity index (χ2v) is 3.99. The molecule has 1 aromatic heterocycles. The van der Waals surface area contributed by atoms with E-state index in [1.54, 1.807) is 0 Å². The Morgan fingerprint density at radius 3 is 2.79 bits per heavy atom. The molecular formula is C10H15N3O. The Hall–Kier alpha value is -1.32. The Kier molecular flexibility index (Phi) is 2.06. The third-order valence-corrected chi connectivity index (χ3v) is 2.55. The van der Waals surface area contributed by atoms with Crippen LogP contribution in [0.1, 0.15) is 30.2 Å². The van der Waals surface area contributed by atoms with E-state index < -0.39 is 0 Å². The molecule has 0 atom stereocenters. The van der Waals surface area contributed by atoms with Gasteiger partial charge in [-0.3, -0.25) is 4.79 Å². The van der Waals surface area contributed by atoms with Crippen LogP contribution in [0.5, 0.6) is 0 Å². The maximum absolute atomic E-state index is 11.9. The van der Waals surface area contributed by atoms with Gasteiger partial charge in [-0.15, -0.1) is 0 Å². The van der Waals surface area contributed by atoms with Crippen LogP contribution in [0.15, 0.2) is 6.20 Å². The average molecular weight is 193 g/mol. The highest BCUT2D eigenvalue weighted by Crippen LogP contribution is 2.14. The molecule has 4 nitrogen and oxygen atoms in total. The summed E-state index contributed by atoms with van der Waals surface area (Å²) in [5.74, 6) is 0.641. The molecule has 14 heavy (non-hydrogen) atoms. The molecule has 1 aliphatic rings. The highest BCUT2D eigenvalue weighted by atomic mass is 16.2. The van der Waals surface area contributed by atoms with Gasteiger partial charge in [0.1, 0.15) is 0 Å². The first-order valence-electron chi connectivity index (χ1n) is 4.94. The molecule has 0 aliphatic carbocycles. The predicted molar refractivity (Wildman–Crippen MR) is 53.1 cm³/mol. The van der Waals surface area contributed by atoms with Crippen molar-refractivity contribution in [2.45, 2.75) is 33.4 Å². The van der Waals surface area contributed by atoms with E-state index >= 15 is 0 Å². The monoisotopic (exact) mass is 193 g/mol. The Balaban J connectivity index is 2.36. The molecule has 76 valence electrons. The van der Waals surface area contributed by atoms with Gasteiger partial charge < -0.3 is 9.47 Å². The van der Waals surface area contributed by atoms with Crippen LogP contribution >= 0.6 is 0 Å². The zero-order valence-corrected chi connectivity index (χ0v) is 8.82. The van der Waals surface area contributed by atoms with Gasteiger partial charge in [0, 0.05) is 25.3 Å². The zero-order valence-electron chi connectivity index (χ0n) is 8.82. The van der Waals surface area contributed by atoms with Gasteiger partial charge in [-0.05, 0) is 20.8 Å². The number of aryl methyl sites for hydroxylation is 1. The minimum atomic E-state index is 0.0550. The highest BCUT2D eigenvalue weighted by molar-refractivity contribution is 5.91. The topological polar surface area (TPSA) is 38.1 Å². The largest absolute Gasteiger partial charge is 0.332 e. The van der Waals surface area contributed by atoms with E-state index in [0.717, 1.165) is 18.8 Å². The molecule has 0 fully saturated rings. The molecule has 0 N–H and O–H groups in total. The SMILES string of the molecule is Cc1cn2c(n1)C(=O)N(C(C)C)CC2. The number of imidazole rings is 1. The van der Waals surface area contributed by atoms with Crippen LogP contribution in [-0.2, 0) is 6.54 Å². The molecule has 1 aromatic rings. The smallest absolute Gasteiger partial charge is 0.290 e. The fourth-order valence-electron chi connectivity index (χ4n) is 1.83. The van der Waals surface area contributed by atoms with Crippen molar-refractivity contribution < 1.29 is 4.79 Å². The molecule has 1 amide bonds. The molecule has 2 rings (SSSR count). The first-order chi connectivity index (χ1) is 6.59. The van der Waals surface area contributed by atoms with Gasteiger partial charge in [0.05, 0.1) is 5.69 Å². The van der Waals surface area contributed by atoms with Gasteiger partial charge in [-0.2, -0.15) is 0 Å². The summed E-state index contributed by atoms with van der Waals surface area (Å²) in [5.41, 5.74) is 0.916. The van der Waals surface area contributed by atoms with Gasteiger partial charge in [0.15, 0.2) is 5.82 Å². The lowest BCUT2D eigenvalue weighted by atomic mass is 10.2. The maximum atomic E-state index is 11.9. The molecule has 0 unspecified atom stereocenters. The summed E-state index contributed by atoms with van der Waals surface area (Å²) in [6.45, 7) is 7.63. The number of hydrogen-bond donors (Lipinski definition) is 0. The lowest BCUT2D eigenvalue weighted by Gasteiger charge is -2.30. The van der Waals surface area contributed by atoms with Crippen molar-refractivity contribution in [2.75, 3.05) is 6.54 Å². The van der Waals surface area contributed by atoms with Crippen LogP contribution in [0.25, 0.3) is 0 Å². The van der Waals surface area contributed by atoms with Crippen molar-refractivity contribution in [3.05, 3.63) is 17.7 Å².